The van der Waals surface area contributed by atoms with Crippen molar-refractivity contribution in [2.45, 2.75) is 32.2 Å². The van der Waals surface area contributed by atoms with E-state index in [0.717, 1.165) is 51.9 Å². The van der Waals surface area contributed by atoms with Crippen molar-refractivity contribution in [3.8, 4) is 0 Å². The monoisotopic (exact) mass is 264 g/mol. The van der Waals surface area contributed by atoms with E-state index in [1.54, 1.807) is 0 Å². The Morgan fingerprint density at radius 3 is 2.83 bits per heavy atom. The largest absolute Gasteiger partial charge is 0.356 e. The number of nitrogens with one attached hydrogen (secondary N) is 1. The van der Waals surface area contributed by atoms with E-state index in [2.05, 4.69) is 27.7 Å². The van der Waals surface area contributed by atoms with Crippen LogP contribution in [0.1, 0.15) is 30.6 Å². The minimum absolute atomic E-state index is 0.0375. The van der Waals surface area contributed by atoms with Gasteiger partial charge in [-0.25, -0.2) is 0 Å². The minimum atomic E-state index is -0.0375. The van der Waals surface area contributed by atoms with E-state index in [9.17, 15) is 4.79 Å². The molecular weight excluding hydrogens is 244 g/mol. The van der Waals surface area contributed by atoms with Gasteiger partial charge in [-0.2, -0.15) is 0 Å². The van der Waals surface area contributed by atoms with Crippen LogP contribution in [0.3, 0.4) is 0 Å². The highest BCUT2D eigenvalue weighted by Gasteiger charge is 2.42. The molecule has 0 saturated carbocycles. The van der Waals surface area contributed by atoms with Crippen molar-refractivity contribution in [1.82, 2.24) is 10.2 Å². The van der Waals surface area contributed by atoms with Crippen molar-refractivity contribution in [3.05, 3.63) is 22.4 Å². The van der Waals surface area contributed by atoms with E-state index in [4.69, 9.17) is 0 Å². The highest BCUT2D eigenvalue weighted by molar-refractivity contribution is 7.09. The Labute approximate surface area is 112 Å². The van der Waals surface area contributed by atoms with Gasteiger partial charge in [0, 0.05) is 18.0 Å². The van der Waals surface area contributed by atoms with Gasteiger partial charge in [-0.05, 0) is 50.2 Å². The summed E-state index contributed by atoms with van der Waals surface area (Å²) in [6.45, 7) is 4.05. The average Bonchev–Trinajstić information content (AvgIpc) is 2.89. The van der Waals surface area contributed by atoms with Gasteiger partial charge in [0.1, 0.15) is 0 Å². The summed E-state index contributed by atoms with van der Waals surface area (Å²) < 4.78 is 0. The Morgan fingerprint density at radius 1 is 1.33 bits per heavy atom. The topological polar surface area (TPSA) is 32.3 Å². The summed E-state index contributed by atoms with van der Waals surface area (Å²) in [4.78, 5) is 16.0. The molecule has 2 fully saturated rings. The molecule has 4 heteroatoms. The Bertz CT molecular complexity index is 407. The predicted octanol–water partition coefficient (Wildman–Crippen LogP) is 2.24. The normalized spacial score (nSPS) is 24.1. The summed E-state index contributed by atoms with van der Waals surface area (Å²) in [6, 6.07) is 4.31. The molecule has 1 aromatic heterocycles. The van der Waals surface area contributed by atoms with Crippen LogP contribution in [0.4, 0.5) is 0 Å². The highest BCUT2D eigenvalue weighted by atomic mass is 32.1. The third-order valence-electron chi connectivity index (χ3n) is 4.37. The van der Waals surface area contributed by atoms with Crippen LogP contribution < -0.4 is 5.32 Å². The van der Waals surface area contributed by atoms with Crippen LogP contribution in [0.15, 0.2) is 17.5 Å². The fourth-order valence-electron chi connectivity index (χ4n) is 3.17. The van der Waals surface area contributed by atoms with Crippen LogP contribution in [0.25, 0.3) is 0 Å². The van der Waals surface area contributed by atoms with Gasteiger partial charge in [-0.1, -0.05) is 6.07 Å². The molecule has 18 heavy (non-hydrogen) atoms. The molecule has 2 aliphatic rings. The maximum atomic E-state index is 12.1. The summed E-state index contributed by atoms with van der Waals surface area (Å²) in [5.41, 5.74) is -0.0375. The molecule has 3 heterocycles. The lowest BCUT2D eigenvalue weighted by Gasteiger charge is -2.42. The SMILES string of the molecule is O=C1NCCCC12CCN(Cc1cccs1)CC2. The summed E-state index contributed by atoms with van der Waals surface area (Å²) in [6.07, 6.45) is 4.30. The van der Waals surface area contributed by atoms with Crippen LogP contribution in [0, 0.1) is 5.41 Å². The van der Waals surface area contributed by atoms with Gasteiger partial charge in [0.15, 0.2) is 0 Å². The number of hydrogen-bond donors (Lipinski definition) is 1. The van der Waals surface area contributed by atoms with Gasteiger partial charge < -0.3 is 5.32 Å². The number of hydrogen-bond acceptors (Lipinski definition) is 3. The second kappa shape index (κ2) is 5.02. The van der Waals surface area contributed by atoms with E-state index in [1.165, 1.54) is 4.88 Å². The molecule has 98 valence electrons. The first kappa shape index (κ1) is 12.2. The van der Waals surface area contributed by atoms with Crippen molar-refractivity contribution in [2.24, 2.45) is 5.41 Å². The molecule has 1 amide bonds. The lowest BCUT2D eigenvalue weighted by atomic mass is 9.72. The Kier molecular flexibility index (Phi) is 3.39. The fraction of sp³-hybridized carbons (Fsp3) is 0.643. The summed E-state index contributed by atoms with van der Waals surface area (Å²) >= 11 is 1.82. The number of nitrogens with zero attached hydrogens (tertiary/aromatic N) is 1. The van der Waals surface area contributed by atoms with Gasteiger partial charge in [-0.15, -0.1) is 11.3 Å². The third kappa shape index (κ3) is 2.31. The van der Waals surface area contributed by atoms with Crippen LogP contribution in [-0.4, -0.2) is 30.4 Å². The number of rotatable bonds is 2. The molecule has 2 aliphatic heterocycles. The zero-order chi connectivity index (χ0) is 12.4. The molecule has 3 nitrogen and oxygen atoms in total. The maximum absolute atomic E-state index is 12.1. The molecular formula is C14H20N2OS. The molecule has 0 atom stereocenters. The Balaban J connectivity index is 1.59. The van der Waals surface area contributed by atoms with Gasteiger partial charge in [0.2, 0.25) is 5.91 Å². The molecule has 0 bridgehead atoms. The number of thiophene rings is 1. The first-order valence-corrected chi connectivity index (χ1v) is 7.70. The van der Waals surface area contributed by atoms with Gasteiger partial charge in [-0.3, -0.25) is 9.69 Å². The Morgan fingerprint density at radius 2 is 2.17 bits per heavy atom. The van der Waals surface area contributed by atoms with Gasteiger partial charge in [0.25, 0.3) is 0 Å². The summed E-state index contributed by atoms with van der Waals surface area (Å²) in [5, 5.41) is 5.18. The summed E-state index contributed by atoms with van der Waals surface area (Å²) in [5.74, 6) is 0.310. The first-order chi connectivity index (χ1) is 8.78. The second-order valence-corrected chi connectivity index (χ2v) is 6.53. The van der Waals surface area contributed by atoms with Crippen molar-refractivity contribution in [2.75, 3.05) is 19.6 Å². The van der Waals surface area contributed by atoms with Crippen LogP contribution in [0.5, 0.6) is 0 Å². The van der Waals surface area contributed by atoms with E-state index >= 15 is 0 Å². The molecule has 0 unspecified atom stereocenters. The van der Waals surface area contributed by atoms with Crippen molar-refractivity contribution in [1.29, 1.82) is 0 Å². The number of piperidine rings is 2. The number of amides is 1. The van der Waals surface area contributed by atoms with Crippen LogP contribution >= 0.6 is 11.3 Å². The number of likely N-dealkylation sites (tertiary alicyclic amines) is 1. The van der Waals surface area contributed by atoms with Crippen LogP contribution in [0.2, 0.25) is 0 Å². The van der Waals surface area contributed by atoms with E-state index in [1.807, 2.05) is 11.3 Å². The van der Waals surface area contributed by atoms with E-state index < -0.39 is 0 Å². The average molecular weight is 264 g/mol. The van der Waals surface area contributed by atoms with Crippen molar-refractivity contribution in [3.63, 3.8) is 0 Å². The van der Waals surface area contributed by atoms with Crippen molar-refractivity contribution >= 4 is 17.2 Å². The van der Waals surface area contributed by atoms with Crippen LogP contribution in [-0.2, 0) is 11.3 Å². The van der Waals surface area contributed by atoms with E-state index in [-0.39, 0.29) is 5.41 Å². The number of carbonyl (C=O) groups excluding carboxylic acids is 1. The standard InChI is InChI=1S/C14H20N2OS/c17-13-14(4-2-7-15-13)5-8-16(9-6-14)11-12-3-1-10-18-12/h1,3,10H,2,4-9,11H2,(H,15,17). The molecule has 3 rings (SSSR count). The second-order valence-electron chi connectivity index (χ2n) is 5.50. The summed E-state index contributed by atoms with van der Waals surface area (Å²) in [7, 11) is 0. The molecule has 2 saturated heterocycles. The lowest BCUT2D eigenvalue weighted by molar-refractivity contribution is -0.136. The van der Waals surface area contributed by atoms with E-state index in [0.29, 0.717) is 5.91 Å². The minimum Gasteiger partial charge on any atom is -0.356 e. The zero-order valence-corrected chi connectivity index (χ0v) is 11.5. The molecule has 1 N–H and O–H groups in total. The molecule has 1 aromatic rings. The quantitative estimate of drug-likeness (QED) is 0.888. The smallest absolute Gasteiger partial charge is 0.226 e. The number of carbonyl (C=O) groups is 1. The molecule has 0 radical (unpaired) electrons. The molecule has 0 aliphatic carbocycles. The zero-order valence-electron chi connectivity index (χ0n) is 10.7. The third-order valence-corrected chi connectivity index (χ3v) is 5.23. The maximum Gasteiger partial charge on any atom is 0.226 e. The lowest BCUT2D eigenvalue weighted by Crippen LogP contribution is -2.51. The molecule has 0 aromatic carbocycles. The predicted molar refractivity (Wildman–Crippen MR) is 73.5 cm³/mol. The molecule has 1 spiro atoms. The Hall–Kier alpha value is -0.870. The first-order valence-electron chi connectivity index (χ1n) is 6.82. The fourth-order valence-corrected chi connectivity index (χ4v) is 3.92. The highest BCUT2D eigenvalue weighted by Crippen LogP contribution is 2.38. The van der Waals surface area contributed by atoms with Gasteiger partial charge >= 0.3 is 0 Å². The van der Waals surface area contributed by atoms with Crippen molar-refractivity contribution < 1.29 is 4.79 Å². The van der Waals surface area contributed by atoms with Gasteiger partial charge in [0.05, 0.1) is 5.41 Å².